The largest absolute Gasteiger partial charge is 0.493 e. The summed E-state index contributed by atoms with van der Waals surface area (Å²) < 4.78 is 11.4. The molecule has 2 saturated heterocycles. The smallest absolute Gasteiger partial charge is 0.294 e. The lowest BCUT2D eigenvalue weighted by Gasteiger charge is -2.18. The average Bonchev–Trinajstić information content (AvgIpc) is 3.43. The number of methoxy groups -OCH3 is 1. The van der Waals surface area contributed by atoms with E-state index in [0.717, 1.165) is 40.6 Å². The van der Waals surface area contributed by atoms with Crippen LogP contribution in [-0.2, 0) is 16.2 Å². The van der Waals surface area contributed by atoms with Crippen molar-refractivity contribution in [1.29, 1.82) is 0 Å². The molecule has 34 heavy (non-hydrogen) atoms. The molecule has 0 unspecified atom stereocenters. The van der Waals surface area contributed by atoms with Crippen molar-refractivity contribution < 1.29 is 23.9 Å². The molecule has 3 amide bonds. The third kappa shape index (κ3) is 5.39. The van der Waals surface area contributed by atoms with E-state index in [2.05, 4.69) is 0 Å². The first-order valence-electron chi connectivity index (χ1n) is 10.9. The van der Waals surface area contributed by atoms with Crippen molar-refractivity contribution in [3.8, 4) is 11.5 Å². The fourth-order valence-corrected chi connectivity index (χ4v) is 5.02. The first-order chi connectivity index (χ1) is 16.4. The molecule has 2 fully saturated rings. The number of carbonyl (C=O) groups excluding carboxylic acids is 3. The summed E-state index contributed by atoms with van der Waals surface area (Å²) in [5, 5.41) is -0.137. The molecule has 7 nitrogen and oxygen atoms in total. The molecule has 0 N–H and O–H groups in total. The van der Waals surface area contributed by atoms with Gasteiger partial charge in [-0.2, -0.15) is 0 Å². The number of benzene rings is 2. The molecule has 0 bridgehead atoms. The average molecular weight is 501 g/mol. The van der Waals surface area contributed by atoms with E-state index in [-0.39, 0.29) is 17.4 Å². The number of hydrogen-bond acceptors (Lipinski definition) is 6. The molecule has 2 aliphatic rings. The second kappa shape index (κ2) is 10.5. The van der Waals surface area contributed by atoms with Gasteiger partial charge in [0.25, 0.3) is 11.1 Å². The van der Waals surface area contributed by atoms with Gasteiger partial charge in [0.2, 0.25) is 5.91 Å². The summed E-state index contributed by atoms with van der Waals surface area (Å²) in [5.41, 5.74) is 2.71. The number of aryl methyl sites for hydroxylation is 1. The number of nitrogens with zero attached hydrogens (tertiary/aromatic N) is 2. The molecular weight excluding hydrogens is 476 g/mol. The number of imide groups is 1. The van der Waals surface area contributed by atoms with Crippen LogP contribution in [0.3, 0.4) is 0 Å². The van der Waals surface area contributed by atoms with E-state index in [1.807, 2.05) is 31.2 Å². The molecule has 0 aromatic heterocycles. The first kappa shape index (κ1) is 24.2. The quantitative estimate of drug-likeness (QED) is 0.503. The van der Waals surface area contributed by atoms with Crippen molar-refractivity contribution >= 4 is 46.5 Å². The first-order valence-corrected chi connectivity index (χ1v) is 12.1. The predicted octanol–water partition coefficient (Wildman–Crippen LogP) is 4.89. The number of likely N-dealkylation sites (tertiary alicyclic amines) is 1. The Balaban J connectivity index is 1.49. The molecule has 0 radical (unpaired) electrons. The van der Waals surface area contributed by atoms with E-state index < -0.39 is 11.1 Å². The molecule has 2 aromatic rings. The monoisotopic (exact) mass is 500 g/mol. The van der Waals surface area contributed by atoms with Gasteiger partial charge in [0.05, 0.1) is 17.0 Å². The normalized spacial score (nSPS) is 17.1. The Bertz CT molecular complexity index is 1160. The van der Waals surface area contributed by atoms with Crippen LogP contribution in [0.5, 0.6) is 11.5 Å². The molecule has 0 aliphatic carbocycles. The highest BCUT2D eigenvalue weighted by atomic mass is 35.5. The van der Waals surface area contributed by atoms with E-state index >= 15 is 0 Å². The lowest BCUT2D eigenvalue weighted by molar-refractivity contribution is -0.135. The molecule has 0 saturated carbocycles. The number of thioether (sulfide) groups is 1. The van der Waals surface area contributed by atoms with Crippen molar-refractivity contribution in [3.63, 3.8) is 0 Å². The Hall–Kier alpha value is -2.97. The lowest BCUT2D eigenvalue weighted by atomic mass is 10.1. The van der Waals surface area contributed by atoms with Gasteiger partial charge in [-0.25, -0.2) is 0 Å². The van der Waals surface area contributed by atoms with E-state index in [0.29, 0.717) is 41.8 Å². The van der Waals surface area contributed by atoms with Gasteiger partial charge in [0.1, 0.15) is 13.2 Å². The van der Waals surface area contributed by atoms with Crippen molar-refractivity contribution in [3.05, 3.63) is 63.0 Å². The molecule has 2 heterocycles. The maximum Gasteiger partial charge on any atom is 0.294 e. The highest BCUT2D eigenvalue weighted by molar-refractivity contribution is 8.18. The van der Waals surface area contributed by atoms with Crippen LogP contribution in [0.2, 0.25) is 5.02 Å². The lowest BCUT2D eigenvalue weighted by Crippen LogP contribution is -2.40. The Morgan fingerprint density at radius 2 is 1.94 bits per heavy atom. The summed E-state index contributed by atoms with van der Waals surface area (Å²) in [6.07, 6.45) is 3.46. The maximum absolute atomic E-state index is 12.8. The topological polar surface area (TPSA) is 76.2 Å². The second-order valence-electron chi connectivity index (χ2n) is 8.17. The number of carbonyl (C=O) groups is 3. The number of rotatable bonds is 7. The summed E-state index contributed by atoms with van der Waals surface area (Å²) in [7, 11) is 1.51. The molecule has 2 aromatic carbocycles. The van der Waals surface area contributed by atoms with Crippen LogP contribution in [0.4, 0.5) is 4.79 Å². The Labute approximate surface area is 207 Å². The van der Waals surface area contributed by atoms with Crippen LogP contribution in [0, 0.1) is 6.92 Å². The van der Waals surface area contributed by atoms with Gasteiger partial charge in [-0.05, 0) is 60.9 Å². The standard InChI is InChI=1S/C25H25ClN2O5S/c1-16-6-5-7-17(10-16)15-33-23-19(26)11-18(12-20(23)32-2)13-21-24(30)28(25(31)34-21)14-22(29)27-8-3-4-9-27/h5-7,10-13H,3-4,8-9,14-15H2,1-2H3/b21-13-. The summed E-state index contributed by atoms with van der Waals surface area (Å²) in [4.78, 5) is 40.5. The van der Waals surface area contributed by atoms with Crippen LogP contribution < -0.4 is 9.47 Å². The van der Waals surface area contributed by atoms with Crippen molar-refractivity contribution in [2.45, 2.75) is 26.4 Å². The highest BCUT2D eigenvalue weighted by Crippen LogP contribution is 2.39. The van der Waals surface area contributed by atoms with E-state index in [1.54, 1.807) is 23.1 Å². The predicted molar refractivity (Wildman–Crippen MR) is 132 cm³/mol. The van der Waals surface area contributed by atoms with Gasteiger partial charge in [-0.15, -0.1) is 0 Å². The third-order valence-corrected chi connectivity index (χ3v) is 6.83. The van der Waals surface area contributed by atoms with Gasteiger partial charge in [0, 0.05) is 13.1 Å². The highest BCUT2D eigenvalue weighted by Gasteiger charge is 2.37. The van der Waals surface area contributed by atoms with Gasteiger partial charge in [-0.1, -0.05) is 41.4 Å². The molecule has 178 valence electrons. The molecule has 0 spiro atoms. The molecular formula is C25H25ClN2O5S. The number of amides is 3. The van der Waals surface area contributed by atoms with Crippen LogP contribution in [0.15, 0.2) is 41.3 Å². The van der Waals surface area contributed by atoms with Gasteiger partial charge in [0.15, 0.2) is 11.5 Å². The summed E-state index contributed by atoms with van der Waals surface area (Å²) in [6, 6.07) is 11.3. The number of hydrogen-bond donors (Lipinski definition) is 0. The maximum atomic E-state index is 12.8. The Kier molecular flexibility index (Phi) is 7.48. The minimum absolute atomic E-state index is 0.208. The third-order valence-electron chi connectivity index (χ3n) is 5.64. The minimum Gasteiger partial charge on any atom is -0.493 e. The van der Waals surface area contributed by atoms with E-state index in [1.165, 1.54) is 7.11 Å². The minimum atomic E-state index is -0.489. The van der Waals surface area contributed by atoms with Crippen LogP contribution in [0.1, 0.15) is 29.5 Å². The summed E-state index contributed by atoms with van der Waals surface area (Å²) >= 11 is 7.28. The van der Waals surface area contributed by atoms with Crippen LogP contribution in [-0.4, -0.2) is 53.6 Å². The molecule has 4 rings (SSSR count). The SMILES string of the molecule is COc1cc(/C=C2\SC(=O)N(CC(=O)N3CCCC3)C2=O)cc(Cl)c1OCc1cccc(C)c1. The number of ether oxygens (including phenoxy) is 2. The Morgan fingerprint density at radius 3 is 2.65 bits per heavy atom. The van der Waals surface area contributed by atoms with E-state index in [9.17, 15) is 14.4 Å². The fourth-order valence-electron chi connectivity index (χ4n) is 3.91. The Morgan fingerprint density at radius 1 is 1.18 bits per heavy atom. The van der Waals surface area contributed by atoms with Crippen LogP contribution in [0.25, 0.3) is 6.08 Å². The molecule has 9 heteroatoms. The van der Waals surface area contributed by atoms with Gasteiger partial charge in [-0.3, -0.25) is 19.3 Å². The zero-order chi connectivity index (χ0) is 24.2. The summed E-state index contributed by atoms with van der Waals surface area (Å²) in [5.74, 6) is 0.111. The van der Waals surface area contributed by atoms with Crippen molar-refractivity contribution in [1.82, 2.24) is 9.80 Å². The van der Waals surface area contributed by atoms with Gasteiger partial charge >= 0.3 is 0 Å². The molecule has 2 aliphatic heterocycles. The van der Waals surface area contributed by atoms with Crippen LogP contribution >= 0.6 is 23.4 Å². The van der Waals surface area contributed by atoms with Crippen molar-refractivity contribution in [2.24, 2.45) is 0 Å². The zero-order valence-electron chi connectivity index (χ0n) is 19.0. The van der Waals surface area contributed by atoms with E-state index in [4.69, 9.17) is 21.1 Å². The fraction of sp³-hybridized carbons (Fsp3) is 0.320. The van der Waals surface area contributed by atoms with Gasteiger partial charge < -0.3 is 14.4 Å². The number of halogens is 1. The zero-order valence-corrected chi connectivity index (χ0v) is 20.6. The molecule has 0 atom stereocenters. The van der Waals surface area contributed by atoms with Crippen molar-refractivity contribution in [2.75, 3.05) is 26.7 Å². The summed E-state index contributed by atoms with van der Waals surface area (Å²) in [6.45, 7) is 3.43. The second-order valence-corrected chi connectivity index (χ2v) is 9.57.